The third-order valence-corrected chi connectivity index (χ3v) is 2.28. The lowest BCUT2D eigenvalue weighted by atomic mass is 10.2. The summed E-state index contributed by atoms with van der Waals surface area (Å²) in [5, 5.41) is 4.18. The van der Waals surface area contributed by atoms with Crippen molar-refractivity contribution in [2.75, 3.05) is 0 Å². The zero-order valence-electron chi connectivity index (χ0n) is 8.10. The van der Waals surface area contributed by atoms with E-state index in [1.165, 1.54) is 0 Å². The highest BCUT2D eigenvalue weighted by atomic mass is 16.3. The first-order valence-corrected chi connectivity index (χ1v) is 4.55. The Morgan fingerprint density at radius 3 is 3.00 bits per heavy atom. The Kier molecular flexibility index (Phi) is 2.37. The summed E-state index contributed by atoms with van der Waals surface area (Å²) in [6.07, 6.45) is 3.44. The minimum Gasteiger partial charge on any atom is -0.467 e. The number of nitrogens with two attached hydrogens (primary N) is 1. The van der Waals surface area contributed by atoms with Gasteiger partial charge >= 0.3 is 0 Å². The van der Waals surface area contributed by atoms with Crippen LogP contribution in [0.1, 0.15) is 17.0 Å². The van der Waals surface area contributed by atoms with E-state index in [1.807, 2.05) is 23.7 Å². The van der Waals surface area contributed by atoms with Crippen LogP contribution in [0.2, 0.25) is 0 Å². The number of aryl methyl sites for hydroxylation is 1. The van der Waals surface area contributed by atoms with Gasteiger partial charge in [0.15, 0.2) is 0 Å². The molecular weight excluding hydrogens is 178 g/mol. The van der Waals surface area contributed by atoms with Gasteiger partial charge in [0.1, 0.15) is 5.76 Å². The van der Waals surface area contributed by atoms with Gasteiger partial charge in [-0.3, -0.25) is 4.68 Å². The third-order valence-electron chi connectivity index (χ3n) is 2.28. The summed E-state index contributed by atoms with van der Waals surface area (Å²) >= 11 is 0. The van der Waals surface area contributed by atoms with Crippen molar-refractivity contribution in [2.24, 2.45) is 5.73 Å². The van der Waals surface area contributed by atoms with Crippen LogP contribution in [-0.4, -0.2) is 9.78 Å². The van der Waals surface area contributed by atoms with E-state index in [0.717, 1.165) is 17.0 Å². The lowest BCUT2D eigenvalue weighted by molar-refractivity contribution is 0.472. The number of rotatable bonds is 3. The van der Waals surface area contributed by atoms with Gasteiger partial charge in [-0.15, -0.1) is 0 Å². The SMILES string of the molecule is Cc1ccnn1Cc1occc1CN. The first-order valence-electron chi connectivity index (χ1n) is 4.55. The van der Waals surface area contributed by atoms with E-state index in [9.17, 15) is 0 Å². The summed E-state index contributed by atoms with van der Waals surface area (Å²) in [6, 6.07) is 3.86. The normalized spacial score (nSPS) is 10.7. The van der Waals surface area contributed by atoms with Crippen LogP contribution in [0.5, 0.6) is 0 Å². The van der Waals surface area contributed by atoms with Crippen molar-refractivity contribution in [3.05, 3.63) is 41.6 Å². The summed E-state index contributed by atoms with van der Waals surface area (Å²) in [6.45, 7) is 3.17. The summed E-state index contributed by atoms with van der Waals surface area (Å²) in [4.78, 5) is 0. The molecule has 74 valence electrons. The van der Waals surface area contributed by atoms with Gasteiger partial charge in [-0.05, 0) is 19.1 Å². The fourth-order valence-corrected chi connectivity index (χ4v) is 1.39. The van der Waals surface area contributed by atoms with Crippen LogP contribution < -0.4 is 5.73 Å². The molecule has 0 spiro atoms. The Hall–Kier alpha value is -1.55. The second kappa shape index (κ2) is 3.67. The van der Waals surface area contributed by atoms with Crippen molar-refractivity contribution in [1.29, 1.82) is 0 Å². The molecule has 0 atom stereocenters. The Bertz CT molecular complexity index is 416. The molecule has 0 aliphatic heterocycles. The van der Waals surface area contributed by atoms with Gasteiger partial charge in [0.25, 0.3) is 0 Å². The Balaban J connectivity index is 2.22. The molecular formula is C10H13N3O. The quantitative estimate of drug-likeness (QED) is 0.795. The topological polar surface area (TPSA) is 57.0 Å². The van der Waals surface area contributed by atoms with Crippen LogP contribution >= 0.6 is 0 Å². The molecule has 0 fully saturated rings. The molecule has 0 saturated carbocycles. The van der Waals surface area contributed by atoms with Gasteiger partial charge in [0.2, 0.25) is 0 Å². The molecule has 2 rings (SSSR count). The van der Waals surface area contributed by atoms with E-state index in [1.54, 1.807) is 12.5 Å². The molecule has 0 aliphatic carbocycles. The van der Waals surface area contributed by atoms with E-state index in [-0.39, 0.29) is 0 Å². The Labute approximate surface area is 82.3 Å². The third kappa shape index (κ3) is 1.56. The molecule has 2 aromatic heterocycles. The molecule has 0 amide bonds. The van der Waals surface area contributed by atoms with Crippen molar-refractivity contribution in [3.8, 4) is 0 Å². The van der Waals surface area contributed by atoms with Gasteiger partial charge in [-0.1, -0.05) is 0 Å². The van der Waals surface area contributed by atoms with Crippen molar-refractivity contribution < 1.29 is 4.42 Å². The molecule has 2 aromatic rings. The fourth-order valence-electron chi connectivity index (χ4n) is 1.39. The minimum atomic E-state index is 0.506. The predicted octanol–water partition coefficient (Wildman–Crippen LogP) is 1.29. The van der Waals surface area contributed by atoms with Crippen molar-refractivity contribution in [3.63, 3.8) is 0 Å². The summed E-state index contributed by atoms with van der Waals surface area (Å²) in [5.41, 5.74) is 7.73. The van der Waals surface area contributed by atoms with E-state index in [4.69, 9.17) is 10.2 Å². The maximum Gasteiger partial charge on any atom is 0.129 e. The largest absolute Gasteiger partial charge is 0.467 e. The van der Waals surface area contributed by atoms with Crippen molar-refractivity contribution >= 4 is 0 Å². The smallest absolute Gasteiger partial charge is 0.129 e. The van der Waals surface area contributed by atoms with E-state index < -0.39 is 0 Å². The molecule has 4 nitrogen and oxygen atoms in total. The molecule has 0 unspecified atom stereocenters. The van der Waals surface area contributed by atoms with Crippen LogP contribution in [-0.2, 0) is 13.1 Å². The average molecular weight is 191 g/mol. The molecule has 0 radical (unpaired) electrons. The fraction of sp³-hybridized carbons (Fsp3) is 0.300. The molecule has 0 aliphatic rings. The highest BCUT2D eigenvalue weighted by molar-refractivity contribution is 5.17. The van der Waals surface area contributed by atoms with Crippen LogP contribution in [0.4, 0.5) is 0 Å². The molecule has 0 bridgehead atoms. The van der Waals surface area contributed by atoms with Gasteiger partial charge in [-0.2, -0.15) is 5.10 Å². The molecule has 0 saturated heterocycles. The Morgan fingerprint density at radius 1 is 1.50 bits per heavy atom. The van der Waals surface area contributed by atoms with Crippen molar-refractivity contribution in [1.82, 2.24) is 9.78 Å². The molecule has 0 aromatic carbocycles. The second-order valence-corrected chi connectivity index (χ2v) is 3.20. The maximum absolute atomic E-state index is 5.57. The first-order chi connectivity index (χ1) is 6.81. The first kappa shape index (κ1) is 9.02. The Morgan fingerprint density at radius 2 is 2.36 bits per heavy atom. The lowest BCUT2D eigenvalue weighted by Gasteiger charge is -2.03. The predicted molar refractivity (Wildman–Crippen MR) is 52.7 cm³/mol. The monoisotopic (exact) mass is 191 g/mol. The lowest BCUT2D eigenvalue weighted by Crippen LogP contribution is -2.06. The number of furan rings is 1. The molecule has 4 heteroatoms. The van der Waals surface area contributed by atoms with E-state index in [2.05, 4.69) is 5.10 Å². The number of hydrogen-bond acceptors (Lipinski definition) is 3. The van der Waals surface area contributed by atoms with Crippen LogP contribution in [0.15, 0.2) is 29.0 Å². The van der Waals surface area contributed by atoms with Gasteiger partial charge in [-0.25, -0.2) is 0 Å². The van der Waals surface area contributed by atoms with Crippen LogP contribution in [0.3, 0.4) is 0 Å². The molecule has 2 heterocycles. The van der Waals surface area contributed by atoms with E-state index in [0.29, 0.717) is 13.1 Å². The number of nitrogens with zero attached hydrogens (tertiary/aromatic N) is 2. The standard InChI is InChI=1S/C10H13N3O/c1-8-2-4-12-13(8)7-10-9(6-11)3-5-14-10/h2-5H,6-7,11H2,1H3. The highest BCUT2D eigenvalue weighted by Gasteiger charge is 2.06. The molecule has 2 N–H and O–H groups in total. The zero-order chi connectivity index (χ0) is 9.97. The minimum absolute atomic E-state index is 0.506. The zero-order valence-corrected chi connectivity index (χ0v) is 8.10. The number of hydrogen-bond donors (Lipinski definition) is 1. The summed E-state index contributed by atoms with van der Waals surface area (Å²) in [7, 11) is 0. The van der Waals surface area contributed by atoms with Crippen LogP contribution in [0.25, 0.3) is 0 Å². The molecule has 14 heavy (non-hydrogen) atoms. The van der Waals surface area contributed by atoms with Gasteiger partial charge < -0.3 is 10.2 Å². The van der Waals surface area contributed by atoms with Gasteiger partial charge in [0.05, 0.1) is 12.8 Å². The van der Waals surface area contributed by atoms with Crippen LogP contribution in [0, 0.1) is 6.92 Å². The average Bonchev–Trinajstić information content (AvgIpc) is 2.77. The number of aromatic nitrogens is 2. The van der Waals surface area contributed by atoms with Crippen molar-refractivity contribution in [2.45, 2.75) is 20.0 Å². The van der Waals surface area contributed by atoms with Gasteiger partial charge in [0, 0.05) is 24.0 Å². The summed E-state index contributed by atoms with van der Waals surface area (Å²) in [5.74, 6) is 0.888. The highest BCUT2D eigenvalue weighted by Crippen LogP contribution is 2.12. The second-order valence-electron chi connectivity index (χ2n) is 3.20. The van der Waals surface area contributed by atoms with E-state index >= 15 is 0 Å². The maximum atomic E-state index is 5.57. The summed E-state index contributed by atoms with van der Waals surface area (Å²) < 4.78 is 7.23.